The molecule has 0 amide bonds. The van der Waals surface area contributed by atoms with Crippen LogP contribution in [0.3, 0.4) is 0 Å². The Bertz CT molecular complexity index is 479. The van der Waals surface area contributed by atoms with Gasteiger partial charge in [0.1, 0.15) is 11.7 Å². The summed E-state index contributed by atoms with van der Waals surface area (Å²) in [6, 6.07) is 0. The maximum absolute atomic E-state index is 12.0. The van der Waals surface area contributed by atoms with Crippen LogP contribution in [0.5, 0.6) is 0 Å². The molecule has 0 spiro atoms. The molecule has 0 aromatic carbocycles. The molecule has 3 rings (SSSR count). The third kappa shape index (κ3) is 2.72. The summed E-state index contributed by atoms with van der Waals surface area (Å²) in [5.74, 6) is 1.07. The van der Waals surface area contributed by atoms with Gasteiger partial charge in [0, 0.05) is 18.9 Å². The first-order valence-corrected chi connectivity index (χ1v) is 7.94. The van der Waals surface area contributed by atoms with Gasteiger partial charge in [-0.15, -0.1) is 0 Å². The van der Waals surface area contributed by atoms with E-state index in [1.807, 2.05) is 0 Å². The van der Waals surface area contributed by atoms with E-state index in [0.29, 0.717) is 29.7 Å². The average Bonchev–Trinajstić information content (AvgIpc) is 2.35. The van der Waals surface area contributed by atoms with E-state index in [4.69, 9.17) is 9.47 Å². The van der Waals surface area contributed by atoms with E-state index in [9.17, 15) is 9.59 Å². The van der Waals surface area contributed by atoms with Crippen molar-refractivity contribution in [1.82, 2.24) is 0 Å². The van der Waals surface area contributed by atoms with Crippen LogP contribution in [0.1, 0.15) is 52.4 Å². The van der Waals surface area contributed by atoms with Crippen molar-refractivity contribution >= 4 is 11.9 Å². The van der Waals surface area contributed by atoms with E-state index in [-0.39, 0.29) is 18.0 Å². The van der Waals surface area contributed by atoms with Crippen LogP contribution >= 0.6 is 0 Å². The highest BCUT2D eigenvalue weighted by atomic mass is 16.6. The van der Waals surface area contributed by atoms with Crippen LogP contribution in [0.4, 0.5) is 0 Å². The van der Waals surface area contributed by atoms with E-state index >= 15 is 0 Å². The minimum atomic E-state index is -0.444. The molecule has 3 bridgehead atoms. The lowest BCUT2D eigenvalue weighted by atomic mass is 9.54. The summed E-state index contributed by atoms with van der Waals surface area (Å²) >= 11 is 0. The fourth-order valence-electron chi connectivity index (χ4n) is 4.82. The first-order valence-electron chi connectivity index (χ1n) is 7.94. The van der Waals surface area contributed by atoms with Crippen LogP contribution < -0.4 is 0 Å². The first-order chi connectivity index (χ1) is 9.88. The Labute approximate surface area is 125 Å². The quantitative estimate of drug-likeness (QED) is 0.592. The summed E-state index contributed by atoms with van der Waals surface area (Å²) < 4.78 is 11.4. The Hall–Kier alpha value is -1.32. The Kier molecular flexibility index (Phi) is 3.58. The van der Waals surface area contributed by atoms with E-state index in [1.54, 1.807) is 6.92 Å². The van der Waals surface area contributed by atoms with Crippen molar-refractivity contribution in [3.63, 3.8) is 0 Å². The van der Waals surface area contributed by atoms with E-state index in [0.717, 1.165) is 25.7 Å². The Morgan fingerprint density at radius 1 is 1.14 bits per heavy atom. The first kappa shape index (κ1) is 14.6. The van der Waals surface area contributed by atoms with Crippen molar-refractivity contribution in [2.45, 2.75) is 64.1 Å². The van der Waals surface area contributed by atoms with E-state index in [2.05, 4.69) is 6.58 Å². The number of hydrogen-bond donors (Lipinski definition) is 0. The molecule has 3 aliphatic carbocycles. The number of carbonyl (C=O) groups excluding carboxylic acids is 2. The fraction of sp³-hybridized carbons (Fsp3) is 0.765. The normalized spacial score (nSPS) is 40.5. The lowest BCUT2D eigenvalue weighted by Crippen LogP contribution is -2.56. The molecule has 3 saturated carbocycles. The summed E-state index contributed by atoms with van der Waals surface area (Å²) in [5, 5.41) is 0. The summed E-state index contributed by atoms with van der Waals surface area (Å²) in [4.78, 5) is 23.4. The molecule has 21 heavy (non-hydrogen) atoms. The van der Waals surface area contributed by atoms with Gasteiger partial charge >= 0.3 is 11.9 Å². The lowest BCUT2D eigenvalue weighted by Gasteiger charge is -2.56. The van der Waals surface area contributed by atoms with Crippen molar-refractivity contribution in [2.24, 2.45) is 17.8 Å². The van der Waals surface area contributed by atoms with E-state index in [1.165, 1.54) is 13.3 Å². The number of rotatable bonds is 3. The number of fused-ring (bicyclic) bond motifs is 2. The summed E-state index contributed by atoms with van der Waals surface area (Å²) in [6.07, 6.45) is 5.87. The third-order valence-corrected chi connectivity index (χ3v) is 5.47. The van der Waals surface area contributed by atoms with Gasteiger partial charge in [-0.3, -0.25) is 4.79 Å². The van der Waals surface area contributed by atoms with Gasteiger partial charge in [-0.1, -0.05) is 6.58 Å². The van der Waals surface area contributed by atoms with Crippen LogP contribution in [0.15, 0.2) is 12.2 Å². The maximum Gasteiger partial charge on any atom is 0.333 e. The molecule has 116 valence electrons. The Morgan fingerprint density at radius 3 is 2.57 bits per heavy atom. The zero-order valence-electron chi connectivity index (χ0n) is 12.9. The average molecular weight is 292 g/mol. The zero-order chi connectivity index (χ0) is 15.2. The molecule has 3 fully saturated rings. The van der Waals surface area contributed by atoms with Gasteiger partial charge in [-0.05, 0) is 56.8 Å². The summed E-state index contributed by atoms with van der Waals surface area (Å²) in [6.45, 7) is 6.82. The minimum absolute atomic E-state index is 0.0968. The smallest absolute Gasteiger partial charge is 0.333 e. The lowest BCUT2D eigenvalue weighted by molar-refractivity contribution is -0.200. The second-order valence-corrected chi connectivity index (χ2v) is 7.22. The second-order valence-electron chi connectivity index (χ2n) is 7.22. The molecule has 5 atom stereocenters. The second kappa shape index (κ2) is 5.15. The van der Waals surface area contributed by atoms with Gasteiger partial charge in [0.05, 0.1) is 0 Å². The molecule has 3 aliphatic rings. The zero-order valence-corrected chi connectivity index (χ0v) is 12.9. The number of hydrogen-bond acceptors (Lipinski definition) is 4. The predicted octanol–water partition coefficient (Wildman–Crippen LogP) is 3.01. The molecule has 4 heteroatoms. The van der Waals surface area contributed by atoms with Gasteiger partial charge in [0.2, 0.25) is 0 Å². The molecule has 0 aromatic heterocycles. The van der Waals surface area contributed by atoms with Crippen LogP contribution in [0, 0.1) is 17.8 Å². The number of esters is 2. The van der Waals surface area contributed by atoms with Crippen molar-refractivity contribution in [2.75, 3.05) is 0 Å². The van der Waals surface area contributed by atoms with Crippen LogP contribution in [0.2, 0.25) is 0 Å². The Balaban J connectivity index is 1.84. The predicted molar refractivity (Wildman–Crippen MR) is 77.4 cm³/mol. The summed E-state index contributed by atoms with van der Waals surface area (Å²) in [5.41, 5.74) is -0.00744. The topological polar surface area (TPSA) is 52.6 Å². The van der Waals surface area contributed by atoms with Gasteiger partial charge < -0.3 is 9.47 Å². The van der Waals surface area contributed by atoms with Crippen molar-refractivity contribution in [3.05, 3.63) is 12.2 Å². The molecule has 0 aliphatic heterocycles. The largest absolute Gasteiger partial charge is 0.462 e. The highest BCUT2D eigenvalue weighted by Gasteiger charge is 2.56. The van der Waals surface area contributed by atoms with Gasteiger partial charge in [0.15, 0.2) is 0 Å². The number of carbonyl (C=O) groups is 2. The van der Waals surface area contributed by atoms with E-state index < -0.39 is 5.60 Å². The van der Waals surface area contributed by atoms with Crippen LogP contribution in [-0.4, -0.2) is 23.6 Å². The van der Waals surface area contributed by atoms with Crippen LogP contribution in [0.25, 0.3) is 0 Å². The molecule has 0 saturated heterocycles. The fourth-order valence-corrected chi connectivity index (χ4v) is 4.82. The standard InChI is InChI=1S/C17H24O4/c1-10(2)16(19)21-17-7-12-4-5-14(13(6-12)8-17)15(9-17)20-11(3)18/h12-15H,1,4-9H2,2-3H3. The molecule has 5 unspecified atom stereocenters. The highest BCUT2D eigenvalue weighted by Crippen LogP contribution is 2.56. The molecule has 0 heterocycles. The van der Waals surface area contributed by atoms with Gasteiger partial charge in [0.25, 0.3) is 0 Å². The van der Waals surface area contributed by atoms with Gasteiger partial charge in [-0.25, -0.2) is 4.79 Å². The third-order valence-electron chi connectivity index (χ3n) is 5.47. The molecule has 4 nitrogen and oxygen atoms in total. The SMILES string of the molecule is C=C(C)C(=O)OC12CC3CCC(C(C3)C1)C(OC(C)=O)C2. The van der Waals surface area contributed by atoms with Gasteiger partial charge in [-0.2, -0.15) is 0 Å². The van der Waals surface area contributed by atoms with Crippen molar-refractivity contribution < 1.29 is 19.1 Å². The molecule has 0 aromatic rings. The molecular weight excluding hydrogens is 268 g/mol. The number of ether oxygens (including phenoxy) is 2. The molecule has 0 radical (unpaired) electrons. The minimum Gasteiger partial charge on any atom is -0.462 e. The Morgan fingerprint density at radius 2 is 1.90 bits per heavy atom. The highest BCUT2D eigenvalue weighted by molar-refractivity contribution is 5.87. The maximum atomic E-state index is 12.0. The van der Waals surface area contributed by atoms with Crippen molar-refractivity contribution in [3.8, 4) is 0 Å². The van der Waals surface area contributed by atoms with Crippen molar-refractivity contribution in [1.29, 1.82) is 0 Å². The summed E-state index contributed by atoms with van der Waals surface area (Å²) in [7, 11) is 0. The monoisotopic (exact) mass is 292 g/mol. The molecule has 0 N–H and O–H groups in total. The van der Waals surface area contributed by atoms with Crippen LogP contribution in [-0.2, 0) is 19.1 Å². The molecular formula is C17H24O4.